The van der Waals surface area contributed by atoms with Crippen molar-refractivity contribution in [3.8, 4) is 6.07 Å². The molecule has 0 saturated carbocycles. The SMILES string of the molecule is CNC(=O)CNC(=O)C(C#N)c1ccccc1. The van der Waals surface area contributed by atoms with Crippen molar-refractivity contribution in [1.29, 1.82) is 5.26 Å². The summed E-state index contributed by atoms with van der Waals surface area (Å²) in [4.78, 5) is 22.6. The Balaban J connectivity index is 2.67. The third kappa shape index (κ3) is 3.61. The highest BCUT2D eigenvalue weighted by Gasteiger charge is 2.19. The summed E-state index contributed by atoms with van der Waals surface area (Å²) in [5.41, 5.74) is 0.615. The maximum atomic E-state index is 11.7. The van der Waals surface area contributed by atoms with E-state index in [-0.39, 0.29) is 12.5 Å². The van der Waals surface area contributed by atoms with Crippen LogP contribution in [0, 0.1) is 11.3 Å². The maximum absolute atomic E-state index is 11.7. The highest BCUT2D eigenvalue weighted by Crippen LogP contribution is 2.14. The molecule has 2 N–H and O–H groups in total. The van der Waals surface area contributed by atoms with E-state index in [1.54, 1.807) is 30.3 Å². The predicted molar refractivity (Wildman–Crippen MR) is 61.9 cm³/mol. The molecule has 0 aliphatic carbocycles. The molecule has 17 heavy (non-hydrogen) atoms. The van der Waals surface area contributed by atoms with E-state index in [9.17, 15) is 9.59 Å². The Morgan fingerprint density at radius 1 is 1.35 bits per heavy atom. The fourth-order valence-electron chi connectivity index (χ4n) is 1.29. The predicted octanol–water partition coefficient (Wildman–Crippen LogP) is 0.156. The first-order valence-electron chi connectivity index (χ1n) is 5.12. The van der Waals surface area contributed by atoms with E-state index in [4.69, 9.17) is 5.26 Å². The Bertz CT molecular complexity index is 437. The molecule has 1 aromatic rings. The molecule has 0 aliphatic rings. The number of carbonyl (C=O) groups is 2. The number of nitriles is 1. The van der Waals surface area contributed by atoms with Gasteiger partial charge in [-0.3, -0.25) is 9.59 Å². The fraction of sp³-hybridized carbons (Fsp3) is 0.250. The lowest BCUT2D eigenvalue weighted by atomic mass is 10.00. The van der Waals surface area contributed by atoms with Crippen molar-refractivity contribution < 1.29 is 9.59 Å². The molecular formula is C12H13N3O2. The number of nitrogens with one attached hydrogen (secondary N) is 2. The molecule has 0 bridgehead atoms. The second-order valence-electron chi connectivity index (χ2n) is 3.36. The van der Waals surface area contributed by atoms with Crippen LogP contribution in [0.15, 0.2) is 30.3 Å². The molecule has 0 heterocycles. The van der Waals surface area contributed by atoms with Gasteiger partial charge in [0.1, 0.15) is 5.92 Å². The van der Waals surface area contributed by atoms with Crippen molar-refractivity contribution >= 4 is 11.8 Å². The van der Waals surface area contributed by atoms with Crippen LogP contribution in [0.2, 0.25) is 0 Å². The van der Waals surface area contributed by atoms with E-state index in [0.717, 1.165) is 0 Å². The van der Waals surface area contributed by atoms with Crippen LogP contribution in [0.3, 0.4) is 0 Å². The zero-order valence-corrected chi connectivity index (χ0v) is 9.43. The lowest BCUT2D eigenvalue weighted by molar-refractivity contribution is -0.126. The molecule has 1 atom stereocenters. The van der Waals surface area contributed by atoms with E-state index >= 15 is 0 Å². The fourth-order valence-corrected chi connectivity index (χ4v) is 1.29. The van der Waals surface area contributed by atoms with Crippen LogP contribution in [-0.4, -0.2) is 25.4 Å². The van der Waals surface area contributed by atoms with E-state index in [0.29, 0.717) is 5.56 Å². The maximum Gasteiger partial charge on any atom is 0.242 e. The first-order chi connectivity index (χ1) is 8.19. The van der Waals surface area contributed by atoms with E-state index in [2.05, 4.69) is 10.6 Å². The van der Waals surface area contributed by atoms with Crippen molar-refractivity contribution in [2.24, 2.45) is 0 Å². The Kier molecular flexibility index (Phi) is 4.70. The number of carbonyl (C=O) groups excluding carboxylic acids is 2. The molecule has 1 aromatic carbocycles. The topological polar surface area (TPSA) is 82.0 Å². The Morgan fingerprint density at radius 3 is 2.53 bits per heavy atom. The third-order valence-corrected chi connectivity index (χ3v) is 2.23. The lowest BCUT2D eigenvalue weighted by Crippen LogP contribution is -2.37. The van der Waals surface area contributed by atoms with Gasteiger partial charge in [-0.15, -0.1) is 0 Å². The minimum absolute atomic E-state index is 0.125. The molecule has 5 nitrogen and oxygen atoms in total. The van der Waals surface area contributed by atoms with Gasteiger partial charge in [0.15, 0.2) is 0 Å². The van der Waals surface area contributed by atoms with Crippen LogP contribution in [-0.2, 0) is 9.59 Å². The summed E-state index contributed by atoms with van der Waals surface area (Å²) in [7, 11) is 1.48. The van der Waals surface area contributed by atoms with Gasteiger partial charge in [-0.1, -0.05) is 30.3 Å². The van der Waals surface area contributed by atoms with Crippen molar-refractivity contribution in [3.05, 3.63) is 35.9 Å². The summed E-state index contributed by atoms with van der Waals surface area (Å²) in [5, 5.41) is 13.8. The molecule has 0 aromatic heterocycles. The minimum atomic E-state index is -0.888. The molecule has 88 valence electrons. The van der Waals surface area contributed by atoms with Gasteiger partial charge in [-0.25, -0.2) is 0 Å². The van der Waals surface area contributed by atoms with Crippen LogP contribution in [0.5, 0.6) is 0 Å². The number of rotatable bonds is 4. The normalized spacial score (nSPS) is 11.1. The average molecular weight is 231 g/mol. The monoisotopic (exact) mass is 231 g/mol. The van der Waals surface area contributed by atoms with Crippen LogP contribution in [0.4, 0.5) is 0 Å². The lowest BCUT2D eigenvalue weighted by Gasteiger charge is -2.09. The van der Waals surface area contributed by atoms with Crippen LogP contribution < -0.4 is 10.6 Å². The molecule has 0 aliphatic heterocycles. The van der Waals surface area contributed by atoms with E-state index in [1.165, 1.54) is 7.05 Å². The van der Waals surface area contributed by atoms with Crippen molar-refractivity contribution in [3.63, 3.8) is 0 Å². The number of nitrogens with zero attached hydrogens (tertiary/aromatic N) is 1. The molecule has 5 heteroatoms. The van der Waals surface area contributed by atoms with E-state index < -0.39 is 11.8 Å². The average Bonchev–Trinajstić information content (AvgIpc) is 2.38. The quantitative estimate of drug-likeness (QED) is 0.774. The first-order valence-corrected chi connectivity index (χ1v) is 5.12. The van der Waals surface area contributed by atoms with Gasteiger partial charge in [-0.2, -0.15) is 5.26 Å². The molecule has 2 amide bonds. The van der Waals surface area contributed by atoms with Gasteiger partial charge in [0.2, 0.25) is 11.8 Å². The molecular weight excluding hydrogens is 218 g/mol. The molecule has 0 radical (unpaired) electrons. The number of likely N-dealkylation sites (N-methyl/N-ethyl adjacent to an activating group) is 1. The number of amides is 2. The number of benzene rings is 1. The van der Waals surface area contributed by atoms with Gasteiger partial charge in [0.25, 0.3) is 0 Å². The number of hydrogen-bond acceptors (Lipinski definition) is 3. The highest BCUT2D eigenvalue weighted by atomic mass is 16.2. The second-order valence-corrected chi connectivity index (χ2v) is 3.36. The first kappa shape index (κ1) is 12.7. The summed E-state index contributed by atoms with van der Waals surface area (Å²) in [6, 6.07) is 10.6. The standard InChI is InChI=1S/C12H13N3O2/c1-14-11(16)8-15-12(17)10(7-13)9-5-3-2-4-6-9/h2-6,10H,8H2,1H3,(H,14,16)(H,15,17). The second kappa shape index (κ2) is 6.28. The zero-order valence-electron chi connectivity index (χ0n) is 9.43. The van der Waals surface area contributed by atoms with Gasteiger partial charge in [-0.05, 0) is 5.56 Å². The molecule has 1 unspecified atom stereocenters. The largest absolute Gasteiger partial charge is 0.358 e. The van der Waals surface area contributed by atoms with Gasteiger partial charge in [0, 0.05) is 7.05 Å². The van der Waals surface area contributed by atoms with E-state index in [1.807, 2.05) is 6.07 Å². The van der Waals surface area contributed by atoms with Crippen LogP contribution in [0.1, 0.15) is 11.5 Å². The summed E-state index contributed by atoms with van der Waals surface area (Å²) >= 11 is 0. The zero-order chi connectivity index (χ0) is 12.7. The highest BCUT2D eigenvalue weighted by molar-refractivity contribution is 5.90. The van der Waals surface area contributed by atoms with Crippen molar-refractivity contribution in [2.75, 3.05) is 13.6 Å². The molecule has 0 saturated heterocycles. The van der Waals surface area contributed by atoms with Gasteiger partial charge in [0.05, 0.1) is 12.6 Å². The minimum Gasteiger partial charge on any atom is -0.358 e. The van der Waals surface area contributed by atoms with Crippen LogP contribution >= 0.6 is 0 Å². The molecule has 0 spiro atoms. The molecule has 0 fully saturated rings. The summed E-state index contributed by atoms with van der Waals surface area (Å²) < 4.78 is 0. The third-order valence-electron chi connectivity index (χ3n) is 2.23. The van der Waals surface area contributed by atoms with Crippen LogP contribution in [0.25, 0.3) is 0 Å². The van der Waals surface area contributed by atoms with Crippen molar-refractivity contribution in [2.45, 2.75) is 5.92 Å². The summed E-state index contributed by atoms with van der Waals surface area (Å²) in [6.07, 6.45) is 0. The summed E-state index contributed by atoms with van der Waals surface area (Å²) in [6.45, 7) is -0.125. The van der Waals surface area contributed by atoms with Crippen molar-refractivity contribution in [1.82, 2.24) is 10.6 Å². The van der Waals surface area contributed by atoms with Gasteiger partial charge >= 0.3 is 0 Å². The Hall–Kier alpha value is -2.35. The smallest absolute Gasteiger partial charge is 0.242 e. The summed E-state index contributed by atoms with van der Waals surface area (Å²) in [5.74, 6) is -1.66. The molecule has 1 rings (SSSR count). The van der Waals surface area contributed by atoms with Gasteiger partial charge < -0.3 is 10.6 Å². The Morgan fingerprint density at radius 2 is 2.00 bits per heavy atom. The number of hydrogen-bond donors (Lipinski definition) is 2. The Labute approximate surface area is 99.4 Å².